The number of carboxylic acid groups (broad SMARTS) is 1. The largest absolute Gasteiger partial charge is 0.479 e. The number of fused-ring (bicyclic) bond motifs is 7. The van der Waals surface area contributed by atoms with Crippen molar-refractivity contribution in [1.82, 2.24) is 0 Å². The Balaban J connectivity index is 1.17. The molecule has 0 radical (unpaired) electrons. The number of hydrogen-bond donors (Lipinski definition) is 9. The smallest absolute Gasteiger partial charge is 0.335 e. The number of rotatable bonds is 7. The SMILES string of the molecule is CC1(C)C[C@@H]2C3=CC[C@@H]4[C@@]5(C)CC[C@H](O[C@@H]6O[C@H](C(=O)O)[C@@H](O)[C@H](O)[C@H]6O[C@@H]6O[C@H](CO)[C@@H](O)[C@H](O)[C@H]6O)[C@](C)(CO)[C@@H]5CC[C@@]4(C)[C@]3(C)CC[C@@]2(C)C[C@H]1O. The average Bonchev–Trinajstić information content (AvgIpc) is 3.13. The number of hydrogen-bond acceptors (Lipinski definition) is 13. The van der Waals surface area contributed by atoms with Gasteiger partial charge < -0.3 is 64.9 Å². The van der Waals surface area contributed by atoms with Crippen molar-refractivity contribution in [2.75, 3.05) is 13.2 Å². The molecule has 0 unspecified atom stereocenters. The number of ether oxygens (including phenoxy) is 4. The van der Waals surface area contributed by atoms with Gasteiger partial charge in [0.1, 0.15) is 42.7 Å². The second-order valence-electron chi connectivity index (χ2n) is 20.8. The molecule has 0 aromatic carbocycles. The highest BCUT2D eigenvalue weighted by Crippen LogP contribution is 2.76. The van der Waals surface area contributed by atoms with Gasteiger partial charge in [0.25, 0.3) is 0 Å². The first kappa shape index (κ1) is 42.8. The molecular weight excluding hydrogens is 728 g/mol. The molecule has 9 N–H and O–H groups in total. The molecule has 56 heavy (non-hydrogen) atoms. The van der Waals surface area contributed by atoms with Gasteiger partial charge in [-0.05, 0) is 103 Å². The fraction of sp³-hybridized carbons (Fsp3) is 0.929. The van der Waals surface area contributed by atoms with Crippen molar-refractivity contribution < 1.29 is 69.7 Å². The zero-order chi connectivity index (χ0) is 41.1. The van der Waals surface area contributed by atoms with Gasteiger partial charge in [-0.1, -0.05) is 60.1 Å². The maximum Gasteiger partial charge on any atom is 0.335 e. The summed E-state index contributed by atoms with van der Waals surface area (Å²) in [4.78, 5) is 12.2. The van der Waals surface area contributed by atoms with Crippen molar-refractivity contribution >= 4 is 5.97 Å². The van der Waals surface area contributed by atoms with Gasteiger partial charge in [0.05, 0.1) is 25.4 Å². The van der Waals surface area contributed by atoms with Crippen LogP contribution in [0.25, 0.3) is 0 Å². The molecule has 7 aliphatic rings. The lowest BCUT2D eigenvalue weighted by molar-refractivity contribution is -0.375. The number of aliphatic hydroxyl groups is 8. The Morgan fingerprint density at radius 2 is 1.46 bits per heavy atom. The lowest BCUT2D eigenvalue weighted by atomic mass is 9.33. The monoisotopic (exact) mass is 796 g/mol. The second kappa shape index (κ2) is 14.4. The lowest BCUT2D eigenvalue weighted by Gasteiger charge is -2.71. The first-order chi connectivity index (χ1) is 26.0. The molecule has 0 amide bonds. The Hall–Kier alpha value is -1.27. The van der Waals surface area contributed by atoms with Crippen LogP contribution in [0, 0.1) is 50.2 Å². The molecule has 0 aromatic rings. The Bertz CT molecular complexity index is 1520. The zero-order valence-corrected chi connectivity index (χ0v) is 34.1. The van der Waals surface area contributed by atoms with Crippen LogP contribution < -0.4 is 0 Å². The van der Waals surface area contributed by atoms with E-state index >= 15 is 0 Å². The Labute approximate surface area is 330 Å². The molecule has 320 valence electrons. The number of aliphatic carboxylic acids is 1. The topological polar surface area (TPSA) is 236 Å². The standard InChI is InChI=1S/C42H68O14/c1-37(2)16-21-20-8-9-24-39(4)12-11-26(40(5,19-44)23(39)10-13-42(24,7)41(20,6)15-14-38(21,3)17-25(37)45)54-36-33(30(49)29(48)32(55-36)34(51)52)56-35-31(50)28(47)27(46)22(18-43)53-35/h8,21-33,35-36,43-50H,9-19H2,1-7H3,(H,51,52)/t21-,22-,23-,24-,25-,26+,27-,28+,29+,30+,31-,32+,33-,35+,36-,38+,39+,40-,41-,42-/m1/s1. The minimum Gasteiger partial charge on any atom is -0.479 e. The molecule has 20 atom stereocenters. The van der Waals surface area contributed by atoms with E-state index in [0.717, 1.165) is 51.4 Å². The van der Waals surface area contributed by atoms with E-state index in [1.165, 1.54) is 0 Å². The summed E-state index contributed by atoms with van der Waals surface area (Å²) in [5, 5.41) is 95.6. The Kier molecular flexibility index (Phi) is 11.0. The van der Waals surface area contributed by atoms with Crippen LogP contribution in [-0.4, -0.2) is 139 Å². The third-order valence-corrected chi connectivity index (χ3v) is 17.5. The van der Waals surface area contributed by atoms with Crippen molar-refractivity contribution in [2.24, 2.45) is 50.2 Å². The third kappa shape index (κ3) is 6.21. The fourth-order valence-corrected chi connectivity index (χ4v) is 13.6. The van der Waals surface area contributed by atoms with Crippen molar-refractivity contribution in [3.05, 3.63) is 11.6 Å². The summed E-state index contributed by atoms with van der Waals surface area (Å²) in [7, 11) is 0. The van der Waals surface area contributed by atoms with Crippen molar-refractivity contribution in [2.45, 2.75) is 180 Å². The summed E-state index contributed by atoms with van der Waals surface area (Å²) >= 11 is 0. The molecule has 14 heteroatoms. The van der Waals surface area contributed by atoms with Gasteiger partial charge >= 0.3 is 5.97 Å². The van der Waals surface area contributed by atoms with E-state index in [1.54, 1.807) is 5.57 Å². The maximum atomic E-state index is 12.2. The first-order valence-electron chi connectivity index (χ1n) is 20.9. The van der Waals surface area contributed by atoms with Crippen LogP contribution in [-0.2, 0) is 23.7 Å². The third-order valence-electron chi connectivity index (χ3n) is 17.5. The predicted molar refractivity (Wildman–Crippen MR) is 199 cm³/mol. The molecule has 6 fully saturated rings. The highest BCUT2D eigenvalue weighted by molar-refractivity contribution is 5.73. The van der Waals surface area contributed by atoms with Gasteiger partial charge in [-0.3, -0.25) is 0 Å². The lowest BCUT2D eigenvalue weighted by Crippen LogP contribution is -2.68. The molecule has 5 aliphatic carbocycles. The molecule has 14 nitrogen and oxygen atoms in total. The number of carbonyl (C=O) groups is 1. The average molecular weight is 797 g/mol. The zero-order valence-electron chi connectivity index (χ0n) is 34.1. The van der Waals surface area contributed by atoms with Crippen LogP contribution in [0.15, 0.2) is 11.6 Å². The highest BCUT2D eigenvalue weighted by atomic mass is 16.8. The normalized spacial score (nSPS) is 55.5. The van der Waals surface area contributed by atoms with E-state index in [9.17, 15) is 50.8 Å². The molecule has 2 heterocycles. The molecular formula is C42H68O14. The van der Waals surface area contributed by atoms with Crippen molar-refractivity contribution in [3.8, 4) is 0 Å². The van der Waals surface area contributed by atoms with E-state index in [4.69, 9.17) is 18.9 Å². The summed E-state index contributed by atoms with van der Waals surface area (Å²) in [5.41, 5.74) is 0.392. The molecule has 2 aliphatic heterocycles. The van der Waals surface area contributed by atoms with Gasteiger partial charge in [0.15, 0.2) is 18.7 Å². The Morgan fingerprint density at radius 1 is 0.768 bits per heavy atom. The summed E-state index contributed by atoms with van der Waals surface area (Å²) in [6, 6.07) is 0. The van der Waals surface area contributed by atoms with Gasteiger partial charge in [0, 0.05) is 5.41 Å². The molecule has 0 aromatic heterocycles. The molecule has 2 saturated heterocycles. The summed E-state index contributed by atoms with van der Waals surface area (Å²) in [6.07, 6.45) is -8.05. The van der Waals surface area contributed by atoms with Crippen molar-refractivity contribution in [3.63, 3.8) is 0 Å². The highest BCUT2D eigenvalue weighted by Gasteiger charge is 2.69. The van der Waals surface area contributed by atoms with Gasteiger partial charge in [-0.25, -0.2) is 4.79 Å². The number of allylic oxidation sites excluding steroid dienone is 2. The Morgan fingerprint density at radius 3 is 2.11 bits per heavy atom. The molecule has 0 bridgehead atoms. The van der Waals surface area contributed by atoms with Crippen LogP contribution in [0.2, 0.25) is 0 Å². The second-order valence-corrected chi connectivity index (χ2v) is 20.8. The van der Waals surface area contributed by atoms with Crippen LogP contribution in [0.4, 0.5) is 0 Å². The summed E-state index contributed by atoms with van der Waals surface area (Å²) in [5.74, 6) is -0.833. The summed E-state index contributed by atoms with van der Waals surface area (Å²) < 4.78 is 23.9. The van der Waals surface area contributed by atoms with E-state index < -0.39 is 85.5 Å². The van der Waals surface area contributed by atoms with Crippen LogP contribution in [0.3, 0.4) is 0 Å². The molecule has 7 rings (SSSR count). The maximum absolute atomic E-state index is 12.2. The minimum atomic E-state index is -1.97. The van der Waals surface area contributed by atoms with E-state index in [2.05, 4.69) is 47.6 Å². The first-order valence-corrected chi connectivity index (χ1v) is 20.9. The van der Waals surface area contributed by atoms with Crippen LogP contribution >= 0.6 is 0 Å². The molecule has 4 saturated carbocycles. The fourth-order valence-electron chi connectivity index (χ4n) is 13.6. The number of aliphatic hydroxyl groups excluding tert-OH is 8. The van der Waals surface area contributed by atoms with Gasteiger partial charge in [0.2, 0.25) is 0 Å². The van der Waals surface area contributed by atoms with Gasteiger partial charge in [-0.15, -0.1) is 0 Å². The number of carboxylic acids is 1. The van der Waals surface area contributed by atoms with E-state index in [1.807, 2.05) is 6.92 Å². The van der Waals surface area contributed by atoms with E-state index in [-0.39, 0.29) is 45.7 Å². The minimum absolute atomic E-state index is 0.00724. The van der Waals surface area contributed by atoms with Crippen molar-refractivity contribution in [1.29, 1.82) is 0 Å². The quantitative estimate of drug-likeness (QED) is 0.132. The summed E-state index contributed by atoms with van der Waals surface area (Å²) in [6.45, 7) is 15.1. The van der Waals surface area contributed by atoms with Gasteiger partial charge in [-0.2, -0.15) is 0 Å². The van der Waals surface area contributed by atoms with Crippen LogP contribution in [0.1, 0.15) is 106 Å². The molecule has 0 spiro atoms. The van der Waals surface area contributed by atoms with Crippen LogP contribution in [0.5, 0.6) is 0 Å². The predicted octanol–water partition coefficient (Wildman–Crippen LogP) is 1.85. The van der Waals surface area contributed by atoms with E-state index in [0.29, 0.717) is 18.3 Å².